The van der Waals surface area contributed by atoms with Crippen molar-refractivity contribution in [1.29, 1.82) is 0 Å². The van der Waals surface area contributed by atoms with Gasteiger partial charge in [0, 0.05) is 6.42 Å². The van der Waals surface area contributed by atoms with Gasteiger partial charge >= 0.3 is 8.03 Å². The van der Waals surface area contributed by atoms with Crippen LogP contribution in [-0.2, 0) is 4.57 Å². The van der Waals surface area contributed by atoms with Gasteiger partial charge in [0.1, 0.15) is 0 Å². The summed E-state index contributed by atoms with van der Waals surface area (Å²) in [6, 6.07) is 0. The molecular weight excluding hydrogens is 135 g/mol. The summed E-state index contributed by atoms with van der Waals surface area (Å²) in [5.74, 6) is 0. The van der Waals surface area contributed by atoms with Crippen molar-refractivity contribution in [2.45, 2.75) is 26.7 Å². The van der Waals surface area contributed by atoms with Crippen LogP contribution in [-0.4, -0.2) is 4.89 Å². The van der Waals surface area contributed by atoms with Gasteiger partial charge in [-0.05, 0) is 17.1 Å². The summed E-state index contributed by atoms with van der Waals surface area (Å²) < 4.78 is 10.4. The average molecular weight is 147 g/mol. The van der Waals surface area contributed by atoms with Crippen LogP contribution < -0.4 is 0 Å². The number of rotatable bonds is 3. The Kier molecular flexibility index (Phi) is 4.55. The summed E-state index contributed by atoms with van der Waals surface area (Å²) >= 11 is 0. The first-order valence-electron chi connectivity index (χ1n) is 3.07. The molecule has 0 aliphatic rings. The number of hydrogen-bond acceptors (Lipinski definition) is 1. The average Bonchev–Trinajstić information content (AvgIpc) is 1.82. The van der Waals surface area contributed by atoms with Crippen LogP contribution in [0.15, 0.2) is 11.4 Å². The van der Waals surface area contributed by atoms with E-state index in [4.69, 9.17) is 4.89 Å². The van der Waals surface area contributed by atoms with Crippen LogP contribution in [0.4, 0.5) is 0 Å². The molecule has 0 aliphatic heterocycles. The van der Waals surface area contributed by atoms with Crippen LogP contribution in [0.25, 0.3) is 0 Å². The van der Waals surface area contributed by atoms with Crippen LogP contribution in [0.5, 0.6) is 0 Å². The minimum absolute atomic E-state index is 0.660. The lowest BCUT2D eigenvalue weighted by molar-refractivity contribution is 0.508. The van der Waals surface area contributed by atoms with Gasteiger partial charge in [-0.3, -0.25) is 0 Å². The molecule has 0 rings (SSSR count). The second-order valence-corrected chi connectivity index (χ2v) is 2.85. The topological polar surface area (TPSA) is 37.3 Å². The predicted molar refractivity (Wildman–Crippen MR) is 38.5 cm³/mol. The highest BCUT2D eigenvalue weighted by molar-refractivity contribution is 7.43. The Bertz CT molecular complexity index is 129. The molecule has 1 N–H and O–H groups in total. The lowest BCUT2D eigenvalue weighted by Gasteiger charge is -1.81. The smallest absolute Gasteiger partial charge is 0.156 e. The molecule has 0 aromatic heterocycles. The van der Waals surface area contributed by atoms with E-state index in [1.807, 2.05) is 13.8 Å². The van der Waals surface area contributed by atoms with Crippen LogP contribution in [0.1, 0.15) is 26.7 Å². The largest absolute Gasteiger partial charge is 0.541 e. The Balaban J connectivity index is 3.98. The van der Waals surface area contributed by atoms with Gasteiger partial charge in [-0.1, -0.05) is 13.8 Å². The van der Waals surface area contributed by atoms with E-state index in [2.05, 4.69) is 0 Å². The molecule has 9 heavy (non-hydrogen) atoms. The first-order valence-corrected chi connectivity index (χ1v) is 4.28. The van der Waals surface area contributed by atoms with Crippen molar-refractivity contribution in [3.8, 4) is 0 Å². The molecule has 2 nitrogen and oxygen atoms in total. The van der Waals surface area contributed by atoms with E-state index in [0.29, 0.717) is 11.7 Å². The van der Waals surface area contributed by atoms with Gasteiger partial charge in [-0.2, -0.15) is 4.89 Å². The number of allylic oxidation sites excluding steroid dienone is 2. The summed E-state index contributed by atoms with van der Waals surface area (Å²) in [6.07, 6.45) is 3.32. The fourth-order valence-corrected chi connectivity index (χ4v) is 1.20. The van der Waals surface area contributed by atoms with E-state index < -0.39 is 8.03 Å². The van der Waals surface area contributed by atoms with Gasteiger partial charge in [0.05, 0.1) is 0 Å². The summed E-state index contributed by atoms with van der Waals surface area (Å²) in [7, 11) is -2.06. The molecule has 0 aromatic carbocycles. The van der Waals surface area contributed by atoms with Crippen molar-refractivity contribution < 1.29 is 9.46 Å². The van der Waals surface area contributed by atoms with E-state index in [-0.39, 0.29) is 0 Å². The quantitative estimate of drug-likeness (QED) is 0.622. The third-order valence-corrected chi connectivity index (χ3v) is 2.04. The Morgan fingerprint density at radius 1 is 1.67 bits per heavy atom. The third-order valence-electron chi connectivity index (χ3n) is 1.05. The van der Waals surface area contributed by atoms with E-state index in [9.17, 15) is 4.57 Å². The SMILES string of the molecule is CC/C=C(/CC)[P+](=O)O. The summed E-state index contributed by atoms with van der Waals surface area (Å²) in [4.78, 5) is 8.58. The Hall–Kier alpha value is -0.200. The molecule has 52 valence electrons. The highest BCUT2D eigenvalue weighted by Gasteiger charge is 2.16. The minimum atomic E-state index is -2.06. The fraction of sp³-hybridized carbons (Fsp3) is 0.667. The second-order valence-electron chi connectivity index (χ2n) is 1.73. The first kappa shape index (κ1) is 8.80. The molecule has 0 fully saturated rings. The summed E-state index contributed by atoms with van der Waals surface area (Å²) in [5.41, 5.74) is 0. The molecule has 0 heterocycles. The molecule has 0 aliphatic carbocycles. The maximum atomic E-state index is 10.4. The van der Waals surface area contributed by atoms with Crippen LogP contribution in [0.2, 0.25) is 0 Å². The maximum absolute atomic E-state index is 10.4. The molecular formula is C6H12O2P+. The highest BCUT2D eigenvalue weighted by Crippen LogP contribution is 2.29. The van der Waals surface area contributed by atoms with Gasteiger partial charge in [-0.15, -0.1) is 0 Å². The van der Waals surface area contributed by atoms with E-state index in [0.717, 1.165) is 6.42 Å². The van der Waals surface area contributed by atoms with E-state index in [1.165, 1.54) is 0 Å². The van der Waals surface area contributed by atoms with Crippen LogP contribution in [0, 0.1) is 0 Å². The Morgan fingerprint density at radius 2 is 2.22 bits per heavy atom. The second kappa shape index (κ2) is 4.66. The molecule has 1 atom stereocenters. The zero-order valence-electron chi connectivity index (χ0n) is 5.79. The van der Waals surface area contributed by atoms with Crippen molar-refractivity contribution in [2.24, 2.45) is 0 Å². The highest BCUT2D eigenvalue weighted by atomic mass is 31.1. The summed E-state index contributed by atoms with van der Waals surface area (Å²) in [6.45, 7) is 3.83. The Labute approximate surface area is 56.5 Å². The van der Waals surface area contributed by atoms with Gasteiger partial charge in [-0.25, -0.2) is 0 Å². The van der Waals surface area contributed by atoms with Crippen LogP contribution >= 0.6 is 8.03 Å². The van der Waals surface area contributed by atoms with Crippen molar-refractivity contribution in [3.05, 3.63) is 11.4 Å². The summed E-state index contributed by atoms with van der Waals surface area (Å²) in [5, 5.41) is 0.660. The Morgan fingerprint density at radius 3 is 2.33 bits per heavy atom. The number of hydrogen-bond donors (Lipinski definition) is 1. The molecule has 3 heteroatoms. The molecule has 1 unspecified atom stereocenters. The monoisotopic (exact) mass is 147 g/mol. The van der Waals surface area contributed by atoms with E-state index in [1.54, 1.807) is 6.08 Å². The lowest BCUT2D eigenvalue weighted by Crippen LogP contribution is -1.71. The van der Waals surface area contributed by atoms with Crippen molar-refractivity contribution >= 4 is 8.03 Å². The zero-order valence-corrected chi connectivity index (χ0v) is 6.69. The standard InChI is InChI=1S/C6H11O2P/c1-3-5-6(4-2)9(7)8/h5H,3-4H2,1-2H3/p+1/b6-5-. The molecule has 0 aromatic rings. The molecule has 0 radical (unpaired) electrons. The van der Waals surface area contributed by atoms with Crippen molar-refractivity contribution in [2.75, 3.05) is 0 Å². The maximum Gasteiger partial charge on any atom is 0.541 e. The molecule has 0 saturated heterocycles. The fourth-order valence-electron chi connectivity index (χ4n) is 0.593. The molecule has 0 saturated carbocycles. The van der Waals surface area contributed by atoms with Gasteiger partial charge in [0.2, 0.25) is 0 Å². The lowest BCUT2D eigenvalue weighted by atomic mass is 10.3. The van der Waals surface area contributed by atoms with Gasteiger partial charge < -0.3 is 0 Å². The van der Waals surface area contributed by atoms with Gasteiger partial charge in [0.25, 0.3) is 0 Å². The van der Waals surface area contributed by atoms with Crippen molar-refractivity contribution in [3.63, 3.8) is 0 Å². The zero-order chi connectivity index (χ0) is 7.28. The van der Waals surface area contributed by atoms with Crippen LogP contribution in [0.3, 0.4) is 0 Å². The van der Waals surface area contributed by atoms with Gasteiger partial charge in [0.15, 0.2) is 5.31 Å². The van der Waals surface area contributed by atoms with Crippen molar-refractivity contribution in [1.82, 2.24) is 0 Å². The first-order chi connectivity index (χ1) is 4.22. The normalized spacial score (nSPS) is 13.7. The van der Waals surface area contributed by atoms with E-state index >= 15 is 0 Å². The minimum Gasteiger partial charge on any atom is -0.156 e. The molecule has 0 amide bonds. The third kappa shape index (κ3) is 3.39. The predicted octanol–water partition coefficient (Wildman–Crippen LogP) is 2.43. The molecule has 0 spiro atoms. The molecule has 0 bridgehead atoms.